The van der Waals surface area contributed by atoms with Gasteiger partial charge in [-0.25, -0.2) is 4.79 Å². The van der Waals surface area contributed by atoms with Crippen molar-refractivity contribution in [3.05, 3.63) is 35.4 Å². The van der Waals surface area contributed by atoms with Gasteiger partial charge in [-0.2, -0.15) is 0 Å². The SMILES string of the molecule is CCOC[C@@H](NC(=O)O)[C@H](C)N1C(=O)c2ccccc2C1=O. The molecule has 2 N–H and O–H groups in total. The Bertz CT molecular complexity index is 566. The number of benzene rings is 1. The number of amides is 3. The van der Waals surface area contributed by atoms with E-state index in [0.29, 0.717) is 17.7 Å². The van der Waals surface area contributed by atoms with Crippen molar-refractivity contribution in [2.45, 2.75) is 25.9 Å². The van der Waals surface area contributed by atoms with Crippen molar-refractivity contribution < 1.29 is 24.2 Å². The molecule has 0 fully saturated rings. The number of imide groups is 1. The zero-order chi connectivity index (χ0) is 16.3. The van der Waals surface area contributed by atoms with E-state index in [9.17, 15) is 14.4 Å². The first-order valence-electron chi connectivity index (χ1n) is 7.01. The van der Waals surface area contributed by atoms with Crippen molar-refractivity contribution in [1.82, 2.24) is 10.2 Å². The summed E-state index contributed by atoms with van der Waals surface area (Å²) in [4.78, 5) is 36.8. The number of hydrogen-bond donors (Lipinski definition) is 2. The van der Waals surface area contributed by atoms with Gasteiger partial charge in [-0.15, -0.1) is 0 Å². The number of nitrogens with one attached hydrogen (secondary N) is 1. The second-order valence-corrected chi connectivity index (χ2v) is 4.98. The second kappa shape index (κ2) is 6.57. The Morgan fingerprint density at radius 1 is 1.27 bits per heavy atom. The van der Waals surface area contributed by atoms with Gasteiger partial charge in [-0.05, 0) is 26.0 Å². The molecular weight excluding hydrogens is 288 g/mol. The Hall–Kier alpha value is -2.41. The summed E-state index contributed by atoms with van der Waals surface area (Å²) in [6.45, 7) is 3.90. The lowest BCUT2D eigenvalue weighted by molar-refractivity contribution is 0.0476. The summed E-state index contributed by atoms with van der Waals surface area (Å²) in [5.74, 6) is -0.830. The fourth-order valence-corrected chi connectivity index (χ4v) is 2.46. The van der Waals surface area contributed by atoms with E-state index in [1.54, 1.807) is 38.1 Å². The third-order valence-electron chi connectivity index (χ3n) is 3.63. The minimum Gasteiger partial charge on any atom is -0.465 e. The van der Waals surface area contributed by atoms with Crippen molar-refractivity contribution >= 4 is 17.9 Å². The number of carboxylic acid groups (broad SMARTS) is 1. The Balaban J connectivity index is 2.24. The Kier molecular flexibility index (Phi) is 4.77. The number of fused-ring (bicyclic) bond motifs is 1. The summed E-state index contributed by atoms with van der Waals surface area (Å²) in [5.41, 5.74) is 0.676. The molecule has 2 rings (SSSR count). The molecule has 0 saturated carbocycles. The van der Waals surface area contributed by atoms with Gasteiger partial charge in [0.25, 0.3) is 11.8 Å². The van der Waals surface area contributed by atoms with Gasteiger partial charge in [0.05, 0.1) is 29.8 Å². The number of nitrogens with zero attached hydrogens (tertiary/aromatic N) is 1. The lowest BCUT2D eigenvalue weighted by Crippen LogP contribution is -2.54. The largest absolute Gasteiger partial charge is 0.465 e. The highest BCUT2D eigenvalue weighted by Gasteiger charge is 2.41. The molecule has 0 aliphatic carbocycles. The number of carbonyl (C=O) groups is 3. The van der Waals surface area contributed by atoms with E-state index in [1.807, 2.05) is 0 Å². The monoisotopic (exact) mass is 306 g/mol. The van der Waals surface area contributed by atoms with Crippen LogP contribution in [0.25, 0.3) is 0 Å². The van der Waals surface area contributed by atoms with E-state index < -0.39 is 30.0 Å². The van der Waals surface area contributed by atoms with E-state index in [0.717, 1.165) is 4.90 Å². The predicted molar refractivity (Wildman–Crippen MR) is 77.8 cm³/mol. The fourth-order valence-electron chi connectivity index (χ4n) is 2.46. The minimum absolute atomic E-state index is 0.0807. The second-order valence-electron chi connectivity index (χ2n) is 4.98. The van der Waals surface area contributed by atoms with Gasteiger partial charge < -0.3 is 15.2 Å². The molecule has 1 aliphatic rings. The Labute approximate surface area is 127 Å². The maximum atomic E-state index is 12.4. The van der Waals surface area contributed by atoms with Gasteiger partial charge in [0.15, 0.2) is 0 Å². The van der Waals surface area contributed by atoms with Gasteiger partial charge in [0, 0.05) is 6.61 Å². The molecule has 0 unspecified atom stereocenters. The van der Waals surface area contributed by atoms with Crippen LogP contribution in [0, 0.1) is 0 Å². The van der Waals surface area contributed by atoms with Crippen LogP contribution in [0.4, 0.5) is 4.79 Å². The highest BCUT2D eigenvalue weighted by molar-refractivity contribution is 6.21. The molecule has 0 saturated heterocycles. The Morgan fingerprint density at radius 2 is 1.82 bits per heavy atom. The van der Waals surface area contributed by atoms with Gasteiger partial charge >= 0.3 is 6.09 Å². The van der Waals surface area contributed by atoms with Crippen LogP contribution in [-0.4, -0.2) is 53.2 Å². The first kappa shape index (κ1) is 16.0. The fraction of sp³-hybridized carbons (Fsp3) is 0.400. The maximum absolute atomic E-state index is 12.4. The lowest BCUT2D eigenvalue weighted by Gasteiger charge is -2.30. The Morgan fingerprint density at radius 3 is 2.27 bits per heavy atom. The zero-order valence-corrected chi connectivity index (χ0v) is 12.4. The van der Waals surface area contributed by atoms with Crippen molar-refractivity contribution in [3.63, 3.8) is 0 Å². The standard InChI is InChI=1S/C15H18N2O5/c1-3-22-8-12(16-15(20)21)9(2)17-13(18)10-6-4-5-7-11(10)14(17)19/h4-7,9,12,16H,3,8H2,1-2H3,(H,20,21)/t9-,12+/m0/s1. The van der Waals surface area contributed by atoms with Gasteiger partial charge in [0.2, 0.25) is 0 Å². The van der Waals surface area contributed by atoms with Crippen LogP contribution in [0.5, 0.6) is 0 Å². The molecule has 1 aliphatic heterocycles. The molecule has 1 aromatic carbocycles. The average Bonchev–Trinajstić information content (AvgIpc) is 2.75. The first-order chi connectivity index (χ1) is 10.5. The van der Waals surface area contributed by atoms with Crippen LogP contribution in [0.15, 0.2) is 24.3 Å². The van der Waals surface area contributed by atoms with Gasteiger partial charge in [-0.1, -0.05) is 12.1 Å². The molecule has 7 nitrogen and oxygen atoms in total. The molecule has 1 heterocycles. The molecule has 0 radical (unpaired) electrons. The van der Waals surface area contributed by atoms with Crippen molar-refractivity contribution in [2.24, 2.45) is 0 Å². The van der Waals surface area contributed by atoms with Crippen LogP contribution >= 0.6 is 0 Å². The van der Waals surface area contributed by atoms with Gasteiger partial charge in [0.1, 0.15) is 0 Å². The van der Waals surface area contributed by atoms with Crippen molar-refractivity contribution in [2.75, 3.05) is 13.2 Å². The van der Waals surface area contributed by atoms with E-state index in [4.69, 9.17) is 9.84 Å². The quantitative estimate of drug-likeness (QED) is 0.773. The van der Waals surface area contributed by atoms with Crippen molar-refractivity contribution in [1.29, 1.82) is 0 Å². The summed E-state index contributed by atoms with van der Waals surface area (Å²) < 4.78 is 5.25. The lowest BCUT2D eigenvalue weighted by atomic mass is 10.1. The third kappa shape index (κ3) is 2.94. The maximum Gasteiger partial charge on any atom is 0.405 e. The highest BCUT2D eigenvalue weighted by Crippen LogP contribution is 2.25. The normalized spacial score (nSPS) is 16.4. The number of carbonyl (C=O) groups excluding carboxylic acids is 2. The topological polar surface area (TPSA) is 95.9 Å². The van der Waals surface area contributed by atoms with E-state index >= 15 is 0 Å². The van der Waals surface area contributed by atoms with Crippen LogP contribution < -0.4 is 5.32 Å². The van der Waals surface area contributed by atoms with Crippen LogP contribution in [-0.2, 0) is 4.74 Å². The molecule has 118 valence electrons. The number of rotatable bonds is 6. The number of ether oxygens (including phenoxy) is 1. The third-order valence-corrected chi connectivity index (χ3v) is 3.63. The predicted octanol–water partition coefficient (Wildman–Crippen LogP) is 1.34. The smallest absolute Gasteiger partial charge is 0.405 e. The summed E-state index contributed by atoms with van der Waals surface area (Å²) in [7, 11) is 0. The van der Waals surface area contributed by atoms with Crippen LogP contribution in [0.2, 0.25) is 0 Å². The molecule has 0 spiro atoms. The highest BCUT2D eigenvalue weighted by atomic mass is 16.5. The molecular formula is C15H18N2O5. The summed E-state index contributed by atoms with van der Waals surface area (Å²) in [6.07, 6.45) is -1.23. The molecule has 1 aromatic rings. The van der Waals surface area contributed by atoms with Gasteiger partial charge in [-0.3, -0.25) is 14.5 Å². The van der Waals surface area contributed by atoms with Crippen LogP contribution in [0.3, 0.4) is 0 Å². The molecule has 22 heavy (non-hydrogen) atoms. The first-order valence-corrected chi connectivity index (χ1v) is 7.01. The minimum atomic E-state index is -1.23. The van der Waals surface area contributed by atoms with Crippen LogP contribution in [0.1, 0.15) is 34.6 Å². The summed E-state index contributed by atoms with van der Waals surface area (Å²) in [6, 6.07) is 5.20. The molecule has 7 heteroatoms. The average molecular weight is 306 g/mol. The molecule has 0 bridgehead atoms. The zero-order valence-electron chi connectivity index (χ0n) is 12.4. The molecule has 2 atom stereocenters. The van der Waals surface area contributed by atoms with Crippen molar-refractivity contribution in [3.8, 4) is 0 Å². The van der Waals surface area contributed by atoms with E-state index in [2.05, 4.69) is 5.32 Å². The molecule has 3 amide bonds. The van der Waals surface area contributed by atoms with E-state index in [-0.39, 0.29) is 6.61 Å². The number of hydrogen-bond acceptors (Lipinski definition) is 4. The molecule has 0 aromatic heterocycles. The van der Waals surface area contributed by atoms with E-state index in [1.165, 1.54) is 0 Å². The summed E-state index contributed by atoms with van der Waals surface area (Å²) in [5, 5.41) is 11.2. The summed E-state index contributed by atoms with van der Waals surface area (Å²) >= 11 is 0.